The first-order valence-corrected chi connectivity index (χ1v) is 7.98. The van der Waals surface area contributed by atoms with Crippen molar-refractivity contribution in [1.29, 1.82) is 0 Å². The molecule has 3 heteroatoms. The molecule has 0 saturated heterocycles. The molecule has 0 radical (unpaired) electrons. The van der Waals surface area contributed by atoms with Crippen LogP contribution < -0.4 is 10.1 Å². The number of halogens is 1. The summed E-state index contributed by atoms with van der Waals surface area (Å²) < 4.78 is 6.62. The fourth-order valence-electron chi connectivity index (χ4n) is 2.21. The molecule has 0 unspecified atom stereocenters. The molecule has 0 bridgehead atoms. The molecule has 0 amide bonds. The summed E-state index contributed by atoms with van der Waals surface area (Å²) in [6.07, 6.45) is 3.87. The van der Waals surface area contributed by atoms with E-state index in [2.05, 4.69) is 53.3 Å². The Morgan fingerprint density at radius 2 is 2.11 bits per heavy atom. The van der Waals surface area contributed by atoms with E-state index in [1.807, 2.05) is 6.92 Å². The lowest BCUT2D eigenvalue weighted by Gasteiger charge is -2.26. The summed E-state index contributed by atoms with van der Waals surface area (Å²) in [7, 11) is 0. The molecule has 0 heterocycles. The fraction of sp³-hybridized carbons (Fsp3) is 0.625. The van der Waals surface area contributed by atoms with Crippen molar-refractivity contribution in [3.05, 3.63) is 28.2 Å². The van der Waals surface area contributed by atoms with Crippen LogP contribution in [0.25, 0.3) is 0 Å². The van der Waals surface area contributed by atoms with Crippen molar-refractivity contribution in [1.82, 2.24) is 5.32 Å². The molecule has 2 nitrogen and oxygen atoms in total. The molecule has 1 aliphatic carbocycles. The van der Waals surface area contributed by atoms with Gasteiger partial charge in [-0.15, -0.1) is 0 Å². The van der Waals surface area contributed by atoms with Crippen molar-refractivity contribution in [2.45, 2.75) is 51.5 Å². The maximum Gasteiger partial charge on any atom is 0.133 e. The summed E-state index contributed by atoms with van der Waals surface area (Å²) in [6.45, 7) is 8.43. The SMILES string of the molecule is CCOc1ccc(C(C)(C)CCNC2CC2)cc1Br. The Morgan fingerprint density at radius 1 is 1.37 bits per heavy atom. The highest BCUT2D eigenvalue weighted by molar-refractivity contribution is 9.10. The Hall–Kier alpha value is -0.540. The monoisotopic (exact) mass is 325 g/mol. The van der Waals surface area contributed by atoms with Gasteiger partial charge >= 0.3 is 0 Å². The molecule has 0 spiro atoms. The highest BCUT2D eigenvalue weighted by Gasteiger charge is 2.24. The largest absolute Gasteiger partial charge is 0.493 e. The molecule has 0 aliphatic heterocycles. The molecule has 1 fully saturated rings. The second kappa shape index (κ2) is 6.27. The van der Waals surface area contributed by atoms with Gasteiger partial charge in [0.15, 0.2) is 0 Å². The molecule has 0 aromatic heterocycles. The van der Waals surface area contributed by atoms with Gasteiger partial charge in [-0.1, -0.05) is 19.9 Å². The second-order valence-corrected chi connectivity index (χ2v) is 6.79. The van der Waals surface area contributed by atoms with Gasteiger partial charge in [0.1, 0.15) is 5.75 Å². The van der Waals surface area contributed by atoms with Crippen LogP contribution in [0, 0.1) is 0 Å². The van der Waals surface area contributed by atoms with Crippen LogP contribution in [-0.2, 0) is 5.41 Å². The summed E-state index contributed by atoms with van der Waals surface area (Å²) in [4.78, 5) is 0. The smallest absolute Gasteiger partial charge is 0.133 e. The van der Waals surface area contributed by atoms with Gasteiger partial charge in [0.25, 0.3) is 0 Å². The Kier molecular flexibility index (Phi) is 4.91. The van der Waals surface area contributed by atoms with E-state index in [4.69, 9.17) is 4.74 Å². The van der Waals surface area contributed by atoms with Crippen LogP contribution in [-0.4, -0.2) is 19.2 Å². The average molecular weight is 326 g/mol. The Bertz CT molecular complexity index is 427. The maximum atomic E-state index is 5.57. The zero-order valence-electron chi connectivity index (χ0n) is 12.1. The van der Waals surface area contributed by atoms with Gasteiger partial charge in [0.05, 0.1) is 11.1 Å². The minimum absolute atomic E-state index is 0.190. The average Bonchev–Trinajstić information content (AvgIpc) is 3.16. The van der Waals surface area contributed by atoms with Crippen molar-refractivity contribution < 1.29 is 4.74 Å². The van der Waals surface area contributed by atoms with Crippen molar-refractivity contribution in [2.24, 2.45) is 0 Å². The summed E-state index contributed by atoms with van der Waals surface area (Å²) in [5.74, 6) is 0.929. The fourth-order valence-corrected chi connectivity index (χ4v) is 2.71. The second-order valence-electron chi connectivity index (χ2n) is 5.94. The molecular weight excluding hydrogens is 302 g/mol. The molecule has 1 aromatic rings. The normalized spacial score (nSPS) is 15.6. The van der Waals surface area contributed by atoms with Crippen LogP contribution in [0.4, 0.5) is 0 Å². The summed E-state index contributed by atoms with van der Waals surface area (Å²) in [6, 6.07) is 7.25. The summed E-state index contributed by atoms with van der Waals surface area (Å²) >= 11 is 3.60. The first-order valence-electron chi connectivity index (χ1n) is 7.19. The molecule has 19 heavy (non-hydrogen) atoms. The topological polar surface area (TPSA) is 21.3 Å². The summed E-state index contributed by atoms with van der Waals surface area (Å²) in [5.41, 5.74) is 1.55. The lowest BCUT2D eigenvalue weighted by atomic mass is 9.81. The molecule has 1 aliphatic rings. The molecule has 2 rings (SSSR count). The number of benzene rings is 1. The standard InChI is InChI=1S/C16H24BrNO/c1-4-19-15-8-5-12(11-14(15)17)16(2,3)9-10-18-13-6-7-13/h5,8,11,13,18H,4,6-7,9-10H2,1-3H3. The Labute approximate surface area is 125 Å². The van der Waals surface area contributed by atoms with Crippen LogP contribution in [0.15, 0.2) is 22.7 Å². The molecule has 1 N–H and O–H groups in total. The van der Waals surface area contributed by atoms with Crippen molar-refractivity contribution in [3.8, 4) is 5.75 Å². The first-order chi connectivity index (χ1) is 9.03. The minimum atomic E-state index is 0.190. The number of nitrogens with one attached hydrogen (secondary N) is 1. The van der Waals surface area contributed by atoms with Gasteiger partial charge in [-0.05, 0) is 71.8 Å². The van der Waals surface area contributed by atoms with Gasteiger partial charge in [0, 0.05) is 6.04 Å². The third-order valence-electron chi connectivity index (χ3n) is 3.77. The van der Waals surface area contributed by atoms with E-state index in [-0.39, 0.29) is 5.41 Å². The van der Waals surface area contributed by atoms with Crippen LogP contribution >= 0.6 is 15.9 Å². The van der Waals surface area contributed by atoms with Crippen molar-refractivity contribution >= 4 is 15.9 Å². The Balaban J connectivity index is 1.99. The van der Waals surface area contributed by atoms with Gasteiger partial charge in [0.2, 0.25) is 0 Å². The predicted octanol–water partition coefficient (Wildman–Crippen LogP) is 4.27. The lowest BCUT2D eigenvalue weighted by Crippen LogP contribution is -2.26. The van der Waals surface area contributed by atoms with Crippen molar-refractivity contribution in [2.75, 3.05) is 13.2 Å². The molecule has 106 valence electrons. The highest BCUT2D eigenvalue weighted by atomic mass is 79.9. The van der Waals surface area contributed by atoms with E-state index in [1.54, 1.807) is 0 Å². The predicted molar refractivity (Wildman–Crippen MR) is 84.0 cm³/mol. The van der Waals surface area contributed by atoms with E-state index < -0.39 is 0 Å². The van der Waals surface area contributed by atoms with Crippen LogP contribution in [0.3, 0.4) is 0 Å². The van der Waals surface area contributed by atoms with Gasteiger partial charge in [-0.25, -0.2) is 0 Å². The maximum absolute atomic E-state index is 5.57. The van der Waals surface area contributed by atoms with E-state index in [0.29, 0.717) is 6.61 Å². The Morgan fingerprint density at radius 3 is 2.68 bits per heavy atom. The molecular formula is C16H24BrNO. The third kappa shape index (κ3) is 4.22. The molecule has 1 aromatic carbocycles. The van der Waals surface area contributed by atoms with Gasteiger partial charge < -0.3 is 10.1 Å². The highest BCUT2D eigenvalue weighted by Crippen LogP contribution is 2.33. The lowest BCUT2D eigenvalue weighted by molar-refractivity contribution is 0.337. The van der Waals surface area contributed by atoms with E-state index in [0.717, 1.165) is 29.2 Å². The zero-order chi connectivity index (χ0) is 13.9. The third-order valence-corrected chi connectivity index (χ3v) is 4.39. The van der Waals surface area contributed by atoms with Gasteiger partial charge in [-0.3, -0.25) is 0 Å². The first kappa shape index (κ1) is 14.9. The van der Waals surface area contributed by atoms with E-state index >= 15 is 0 Å². The quantitative estimate of drug-likeness (QED) is 0.808. The van der Waals surface area contributed by atoms with Crippen LogP contribution in [0.1, 0.15) is 45.6 Å². The number of rotatable bonds is 7. The molecule has 0 atom stereocenters. The van der Waals surface area contributed by atoms with Crippen LogP contribution in [0.2, 0.25) is 0 Å². The zero-order valence-corrected chi connectivity index (χ0v) is 13.7. The number of ether oxygens (including phenoxy) is 1. The minimum Gasteiger partial charge on any atom is -0.493 e. The summed E-state index contributed by atoms with van der Waals surface area (Å²) in [5, 5.41) is 3.59. The van der Waals surface area contributed by atoms with Crippen molar-refractivity contribution in [3.63, 3.8) is 0 Å². The van der Waals surface area contributed by atoms with Crippen LogP contribution in [0.5, 0.6) is 5.75 Å². The number of hydrogen-bond acceptors (Lipinski definition) is 2. The molecule has 1 saturated carbocycles. The van der Waals surface area contributed by atoms with E-state index in [1.165, 1.54) is 18.4 Å². The number of hydrogen-bond donors (Lipinski definition) is 1. The van der Waals surface area contributed by atoms with Gasteiger partial charge in [-0.2, -0.15) is 0 Å². The van der Waals surface area contributed by atoms with E-state index in [9.17, 15) is 0 Å².